The Morgan fingerprint density at radius 2 is 1.66 bits per heavy atom. The van der Waals surface area contributed by atoms with Gasteiger partial charge in [0.05, 0.1) is 6.04 Å². The van der Waals surface area contributed by atoms with Crippen molar-refractivity contribution >= 4 is 17.4 Å². The van der Waals surface area contributed by atoms with Gasteiger partial charge in [0.1, 0.15) is 5.75 Å². The first-order valence-electron chi connectivity index (χ1n) is 9.56. The van der Waals surface area contributed by atoms with Gasteiger partial charge in [0.15, 0.2) is 5.78 Å². The first-order valence-corrected chi connectivity index (χ1v) is 9.56. The summed E-state index contributed by atoms with van der Waals surface area (Å²) in [6.45, 7) is 2.05. The minimum absolute atomic E-state index is 0.0805. The molecule has 7 heteroatoms. The molecule has 1 aromatic heterocycles. The highest BCUT2D eigenvalue weighted by atomic mass is 16.6. The molecule has 146 valence electrons. The molecular weight excluding hydrogens is 368 g/mol. The Balaban J connectivity index is 1.58. The number of anilines is 2. The molecule has 2 aliphatic rings. The van der Waals surface area contributed by atoms with Crippen LogP contribution in [-0.2, 0) is 4.79 Å². The summed E-state index contributed by atoms with van der Waals surface area (Å²) in [5.74, 6) is 1.27. The zero-order valence-electron chi connectivity index (χ0n) is 15.8. The van der Waals surface area contributed by atoms with Gasteiger partial charge in [-0.1, -0.05) is 42.0 Å². The van der Waals surface area contributed by atoms with Gasteiger partial charge in [-0.05, 0) is 52.8 Å². The number of aryl methyl sites for hydroxylation is 1. The highest BCUT2D eigenvalue weighted by Crippen LogP contribution is 2.43. The number of carbonyl (C=O) groups excluding carboxylic acids is 1. The van der Waals surface area contributed by atoms with Crippen molar-refractivity contribution in [2.45, 2.75) is 31.7 Å². The van der Waals surface area contributed by atoms with Crippen LogP contribution in [-0.4, -0.2) is 21.2 Å². The van der Waals surface area contributed by atoms with Crippen LogP contribution in [0.2, 0.25) is 0 Å². The highest BCUT2D eigenvalue weighted by molar-refractivity contribution is 6.00. The standard InChI is InChI=1S/C22H20N4O3/c1-12-2-4-13(5-3-12)15-10-17-19(18(28)11-15)20(14-6-8-16(27)9-7-14)24-22-21(23-17)25-29-26-22/h2-9,15,20,27H,10-11H2,1H3,(H,23,25)(H,24,26). The lowest BCUT2D eigenvalue weighted by atomic mass is 9.78. The van der Waals surface area contributed by atoms with Crippen LogP contribution in [0.5, 0.6) is 5.75 Å². The van der Waals surface area contributed by atoms with Crippen molar-refractivity contribution in [2.75, 3.05) is 10.6 Å². The number of phenols is 1. The number of rotatable bonds is 2. The maximum atomic E-state index is 13.3. The lowest BCUT2D eigenvalue weighted by Gasteiger charge is -2.29. The quantitative estimate of drug-likeness (QED) is 0.608. The SMILES string of the molecule is Cc1ccc(C2CC(=O)C3=C(C2)Nc2nonc2NC3c2ccc(O)cc2)cc1. The van der Waals surface area contributed by atoms with Gasteiger partial charge in [0, 0.05) is 17.7 Å². The predicted octanol–water partition coefficient (Wildman–Crippen LogP) is 4.06. The summed E-state index contributed by atoms with van der Waals surface area (Å²) in [7, 11) is 0. The Bertz CT molecular complexity index is 1100. The van der Waals surface area contributed by atoms with Crippen molar-refractivity contribution in [1.29, 1.82) is 0 Å². The zero-order chi connectivity index (χ0) is 20.0. The predicted molar refractivity (Wildman–Crippen MR) is 108 cm³/mol. The normalized spacial score (nSPS) is 20.9. The van der Waals surface area contributed by atoms with Crippen LogP contribution in [0.1, 0.15) is 41.5 Å². The molecule has 2 unspecified atom stereocenters. The summed E-state index contributed by atoms with van der Waals surface area (Å²) in [6, 6.07) is 14.8. The Morgan fingerprint density at radius 1 is 0.966 bits per heavy atom. The van der Waals surface area contributed by atoms with Crippen molar-refractivity contribution in [1.82, 2.24) is 10.3 Å². The molecule has 0 radical (unpaired) electrons. The van der Waals surface area contributed by atoms with Gasteiger partial charge in [0.2, 0.25) is 11.6 Å². The molecule has 3 N–H and O–H groups in total. The molecule has 3 aromatic rings. The largest absolute Gasteiger partial charge is 0.508 e. The summed E-state index contributed by atoms with van der Waals surface area (Å²) in [5, 5.41) is 24.1. The van der Waals surface area contributed by atoms with Crippen molar-refractivity contribution in [3.63, 3.8) is 0 Å². The molecule has 0 saturated carbocycles. The fourth-order valence-corrected chi connectivity index (χ4v) is 4.09. The van der Waals surface area contributed by atoms with Crippen LogP contribution in [0.3, 0.4) is 0 Å². The molecule has 0 saturated heterocycles. The number of hydrogen-bond donors (Lipinski definition) is 3. The number of ketones is 1. The molecule has 1 aliphatic heterocycles. The Hall–Kier alpha value is -3.61. The number of allylic oxidation sites excluding steroid dienone is 1. The molecule has 2 heterocycles. The molecule has 0 spiro atoms. The fraction of sp³-hybridized carbons (Fsp3) is 0.227. The number of hydrogen-bond acceptors (Lipinski definition) is 7. The van der Waals surface area contributed by atoms with Crippen molar-refractivity contribution in [3.8, 4) is 5.75 Å². The third kappa shape index (κ3) is 3.14. The van der Waals surface area contributed by atoms with Gasteiger partial charge < -0.3 is 15.7 Å². The van der Waals surface area contributed by atoms with Crippen molar-refractivity contribution < 1.29 is 14.5 Å². The Kier molecular flexibility index (Phi) is 4.08. The van der Waals surface area contributed by atoms with Crippen LogP contribution in [0, 0.1) is 6.92 Å². The molecule has 0 amide bonds. The molecule has 2 aromatic carbocycles. The number of Topliss-reactive ketones (excluding diaryl/α,β-unsaturated/α-hetero) is 1. The number of nitrogens with one attached hydrogen (secondary N) is 2. The summed E-state index contributed by atoms with van der Waals surface area (Å²) in [6.07, 6.45) is 1.13. The van der Waals surface area contributed by atoms with Gasteiger partial charge in [-0.2, -0.15) is 0 Å². The van der Waals surface area contributed by atoms with Crippen LogP contribution in [0.4, 0.5) is 11.6 Å². The molecule has 5 rings (SSSR count). The summed E-state index contributed by atoms with van der Waals surface area (Å²) in [5.41, 5.74) is 4.70. The van der Waals surface area contributed by atoms with Gasteiger partial charge in [-0.25, -0.2) is 4.63 Å². The lowest BCUT2D eigenvalue weighted by Crippen LogP contribution is -2.27. The fourth-order valence-electron chi connectivity index (χ4n) is 4.09. The Labute approximate surface area is 167 Å². The van der Waals surface area contributed by atoms with Gasteiger partial charge >= 0.3 is 0 Å². The lowest BCUT2D eigenvalue weighted by molar-refractivity contribution is -0.116. The third-order valence-electron chi connectivity index (χ3n) is 5.61. The summed E-state index contributed by atoms with van der Waals surface area (Å²) in [4.78, 5) is 13.3. The number of aromatic hydroxyl groups is 1. The van der Waals surface area contributed by atoms with Crippen LogP contribution in [0.25, 0.3) is 0 Å². The van der Waals surface area contributed by atoms with E-state index in [9.17, 15) is 9.90 Å². The average molecular weight is 388 g/mol. The van der Waals surface area contributed by atoms with Gasteiger partial charge in [-0.15, -0.1) is 0 Å². The van der Waals surface area contributed by atoms with E-state index in [1.165, 1.54) is 5.56 Å². The second-order valence-electron chi connectivity index (χ2n) is 7.59. The molecular formula is C22H20N4O3. The van der Waals surface area contributed by atoms with E-state index in [1.807, 2.05) is 0 Å². The maximum Gasteiger partial charge on any atom is 0.219 e. The van der Waals surface area contributed by atoms with E-state index in [1.54, 1.807) is 24.3 Å². The smallest absolute Gasteiger partial charge is 0.219 e. The first-order chi connectivity index (χ1) is 14.1. The number of aromatic nitrogens is 2. The number of benzene rings is 2. The van der Waals surface area contributed by atoms with Gasteiger partial charge in [-0.3, -0.25) is 4.79 Å². The monoisotopic (exact) mass is 388 g/mol. The van der Waals surface area contributed by atoms with E-state index < -0.39 is 6.04 Å². The summed E-state index contributed by atoms with van der Waals surface area (Å²) < 4.78 is 4.88. The second kappa shape index (κ2) is 6.77. The summed E-state index contributed by atoms with van der Waals surface area (Å²) >= 11 is 0. The van der Waals surface area contributed by atoms with E-state index in [2.05, 4.69) is 52.1 Å². The first kappa shape index (κ1) is 17.5. The van der Waals surface area contributed by atoms with Crippen LogP contribution in [0.15, 0.2) is 64.4 Å². The maximum absolute atomic E-state index is 13.3. The number of carbonyl (C=O) groups is 1. The minimum Gasteiger partial charge on any atom is -0.508 e. The van der Waals surface area contributed by atoms with E-state index >= 15 is 0 Å². The van der Waals surface area contributed by atoms with Crippen molar-refractivity contribution in [3.05, 3.63) is 76.5 Å². The number of nitrogens with zero attached hydrogens (tertiary/aromatic N) is 2. The van der Waals surface area contributed by atoms with Crippen LogP contribution < -0.4 is 10.6 Å². The second-order valence-corrected chi connectivity index (χ2v) is 7.59. The molecule has 1 aliphatic carbocycles. The van der Waals surface area contributed by atoms with Crippen LogP contribution >= 0.6 is 0 Å². The van der Waals surface area contributed by atoms with Crippen molar-refractivity contribution in [2.24, 2.45) is 0 Å². The van der Waals surface area contributed by atoms with E-state index in [0.29, 0.717) is 30.1 Å². The molecule has 0 fully saturated rings. The number of phenolic OH excluding ortho intramolecular Hbond substituents is 1. The molecule has 0 bridgehead atoms. The highest BCUT2D eigenvalue weighted by Gasteiger charge is 2.37. The third-order valence-corrected chi connectivity index (χ3v) is 5.61. The molecule has 7 nitrogen and oxygen atoms in total. The topological polar surface area (TPSA) is 100 Å². The average Bonchev–Trinajstić information content (AvgIpc) is 3.08. The Morgan fingerprint density at radius 3 is 2.41 bits per heavy atom. The minimum atomic E-state index is -0.405. The molecule has 2 atom stereocenters. The van der Waals surface area contributed by atoms with E-state index in [-0.39, 0.29) is 17.5 Å². The van der Waals surface area contributed by atoms with E-state index in [4.69, 9.17) is 4.63 Å². The zero-order valence-corrected chi connectivity index (χ0v) is 15.8. The van der Waals surface area contributed by atoms with Gasteiger partial charge in [0.25, 0.3) is 0 Å². The van der Waals surface area contributed by atoms with E-state index in [0.717, 1.165) is 16.8 Å². The molecule has 29 heavy (non-hydrogen) atoms. The number of fused-ring (bicyclic) bond motifs is 1.